The van der Waals surface area contributed by atoms with Gasteiger partial charge in [-0.1, -0.05) is 61.0 Å². The van der Waals surface area contributed by atoms with Gasteiger partial charge in [0, 0.05) is 23.9 Å². The van der Waals surface area contributed by atoms with Crippen LogP contribution in [0.3, 0.4) is 0 Å². The molecular weight excluding hydrogens is 392 g/mol. The predicted octanol–water partition coefficient (Wildman–Crippen LogP) is 4.52. The molecule has 1 unspecified atom stereocenters. The number of amides is 2. The molecule has 4 nitrogen and oxygen atoms in total. The van der Waals surface area contributed by atoms with Crippen LogP contribution in [0.2, 0.25) is 5.02 Å². The zero-order valence-electron chi connectivity index (χ0n) is 16.4. The summed E-state index contributed by atoms with van der Waals surface area (Å²) in [7, 11) is 0. The van der Waals surface area contributed by atoms with E-state index in [4.69, 9.17) is 11.6 Å². The molecule has 6 heteroatoms. The lowest BCUT2D eigenvalue weighted by molar-refractivity contribution is -0.138. The van der Waals surface area contributed by atoms with Crippen molar-refractivity contribution in [2.45, 2.75) is 38.6 Å². The highest BCUT2D eigenvalue weighted by atomic mass is 35.5. The van der Waals surface area contributed by atoms with Gasteiger partial charge in [-0.15, -0.1) is 11.8 Å². The van der Waals surface area contributed by atoms with Gasteiger partial charge in [-0.05, 0) is 36.6 Å². The maximum absolute atomic E-state index is 12.9. The fourth-order valence-corrected chi connectivity index (χ4v) is 3.68. The van der Waals surface area contributed by atoms with E-state index in [1.54, 1.807) is 35.7 Å². The molecule has 0 aliphatic carbocycles. The molecule has 28 heavy (non-hydrogen) atoms. The topological polar surface area (TPSA) is 49.4 Å². The molecule has 1 atom stereocenters. The van der Waals surface area contributed by atoms with Gasteiger partial charge in [0.05, 0.1) is 5.75 Å². The third kappa shape index (κ3) is 7.21. The van der Waals surface area contributed by atoms with Gasteiger partial charge in [-0.2, -0.15) is 0 Å². The van der Waals surface area contributed by atoms with E-state index >= 15 is 0 Å². The summed E-state index contributed by atoms with van der Waals surface area (Å²) in [5.41, 5.74) is 2.12. The SMILES string of the molecule is CCCNC(=O)C(C)N(Cc1ccc(Cl)cc1)C(=O)CSCc1ccccc1. The lowest BCUT2D eigenvalue weighted by Crippen LogP contribution is -2.48. The third-order valence-electron chi connectivity index (χ3n) is 4.32. The number of hydrogen-bond donors (Lipinski definition) is 1. The molecule has 0 aromatic heterocycles. The fourth-order valence-electron chi connectivity index (χ4n) is 2.68. The molecule has 0 fully saturated rings. The van der Waals surface area contributed by atoms with E-state index in [0.717, 1.165) is 17.7 Å². The van der Waals surface area contributed by atoms with Crippen LogP contribution in [0.5, 0.6) is 0 Å². The van der Waals surface area contributed by atoms with Crippen molar-refractivity contribution in [3.8, 4) is 0 Å². The molecule has 0 aliphatic heterocycles. The zero-order valence-corrected chi connectivity index (χ0v) is 17.9. The van der Waals surface area contributed by atoms with Crippen molar-refractivity contribution in [1.29, 1.82) is 0 Å². The summed E-state index contributed by atoms with van der Waals surface area (Å²) in [5.74, 6) is 0.915. The number of nitrogens with one attached hydrogen (secondary N) is 1. The first-order chi connectivity index (χ1) is 13.5. The molecule has 0 spiro atoms. The second-order valence-corrected chi connectivity index (χ2v) is 8.02. The number of hydrogen-bond acceptors (Lipinski definition) is 3. The minimum Gasteiger partial charge on any atom is -0.354 e. The highest BCUT2D eigenvalue weighted by Gasteiger charge is 2.25. The molecule has 2 rings (SSSR count). The average molecular weight is 419 g/mol. The third-order valence-corrected chi connectivity index (χ3v) is 5.56. The lowest BCUT2D eigenvalue weighted by atomic mass is 10.1. The van der Waals surface area contributed by atoms with E-state index in [-0.39, 0.29) is 11.8 Å². The van der Waals surface area contributed by atoms with Crippen molar-refractivity contribution in [3.05, 3.63) is 70.7 Å². The van der Waals surface area contributed by atoms with Crippen LogP contribution in [0.25, 0.3) is 0 Å². The number of rotatable bonds is 10. The fraction of sp³-hybridized carbons (Fsp3) is 0.364. The standard InChI is InChI=1S/C22H27ClN2O2S/c1-3-13-24-22(27)17(2)25(14-18-9-11-20(23)12-10-18)21(26)16-28-15-19-7-5-4-6-8-19/h4-12,17H,3,13-16H2,1-2H3,(H,24,27). The Labute approximate surface area is 176 Å². The number of carbonyl (C=O) groups excluding carboxylic acids is 2. The minimum absolute atomic E-state index is 0.0463. The number of carbonyl (C=O) groups is 2. The zero-order chi connectivity index (χ0) is 20.4. The van der Waals surface area contributed by atoms with Crippen LogP contribution < -0.4 is 5.32 Å². The molecule has 0 aliphatic rings. The van der Waals surface area contributed by atoms with Crippen molar-refractivity contribution >= 4 is 35.2 Å². The molecule has 2 aromatic rings. The van der Waals surface area contributed by atoms with Gasteiger partial charge >= 0.3 is 0 Å². The van der Waals surface area contributed by atoms with Crippen LogP contribution in [0.4, 0.5) is 0 Å². The highest BCUT2D eigenvalue weighted by Crippen LogP contribution is 2.17. The molecular formula is C22H27ClN2O2S. The molecule has 0 heterocycles. The smallest absolute Gasteiger partial charge is 0.242 e. The van der Waals surface area contributed by atoms with Gasteiger partial charge in [0.1, 0.15) is 6.04 Å². The van der Waals surface area contributed by atoms with Gasteiger partial charge in [0.15, 0.2) is 0 Å². The number of nitrogens with zero attached hydrogens (tertiary/aromatic N) is 1. The molecule has 0 bridgehead atoms. The molecule has 0 saturated heterocycles. The first-order valence-electron chi connectivity index (χ1n) is 9.44. The summed E-state index contributed by atoms with van der Waals surface area (Å²) < 4.78 is 0. The summed E-state index contributed by atoms with van der Waals surface area (Å²) in [6.45, 7) is 4.76. The van der Waals surface area contributed by atoms with Gasteiger partial charge in [-0.3, -0.25) is 9.59 Å². The average Bonchev–Trinajstić information content (AvgIpc) is 2.71. The van der Waals surface area contributed by atoms with Gasteiger partial charge < -0.3 is 10.2 Å². The Bertz CT molecular complexity index is 753. The van der Waals surface area contributed by atoms with E-state index in [0.29, 0.717) is 23.9 Å². The molecule has 2 aromatic carbocycles. The Balaban J connectivity index is 2.03. The van der Waals surface area contributed by atoms with Crippen molar-refractivity contribution in [1.82, 2.24) is 10.2 Å². The van der Waals surface area contributed by atoms with Crippen LogP contribution >= 0.6 is 23.4 Å². The first kappa shape index (κ1) is 22.3. The second-order valence-electron chi connectivity index (χ2n) is 6.59. The van der Waals surface area contributed by atoms with Crippen molar-refractivity contribution in [3.63, 3.8) is 0 Å². The normalized spacial score (nSPS) is 11.7. The number of benzene rings is 2. The summed E-state index contributed by atoms with van der Waals surface area (Å²) in [4.78, 5) is 27.0. The quantitative estimate of drug-likeness (QED) is 0.617. The Kier molecular flexibility index (Phi) is 9.38. The lowest BCUT2D eigenvalue weighted by Gasteiger charge is -2.28. The van der Waals surface area contributed by atoms with Crippen LogP contribution in [0.1, 0.15) is 31.4 Å². The van der Waals surface area contributed by atoms with E-state index < -0.39 is 6.04 Å². The number of halogens is 1. The first-order valence-corrected chi connectivity index (χ1v) is 11.0. The van der Waals surface area contributed by atoms with Gasteiger partial charge in [-0.25, -0.2) is 0 Å². The van der Waals surface area contributed by atoms with Crippen LogP contribution in [-0.4, -0.2) is 35.1 Å². The van der Waals surface area contributed by atoms with Crippen LogP contribution in [0, 0.1) is 0 Å². The number of thioether (sulfide) groups is 1. The van der Waals surface area contributed by atoms with Crippen molar-refractivity contribution in [2.75, 3.05) is 12.3 Å². The molecule has 2 amide bonds. The van der Waals surface area contributed by atoms with E-state index in [2.05, 4.69) is 5.32 Å². The maximum atomic E-state index is 12.9. The Morgan fingerprint density at radius 3 is 2.39 bits per heavy atom. The summed E-state index contributed by atoms with van der Waals surface area (Å²) >= 11 is 7.52. The van der Waals surface area contributed by atoms with Gasteiger partial charge in [0.2, 0.25) is 11.8 Å². The Morgan fingerprint density at radius 2 is 1.75 bits per heavy atom. The van der Waals surface area contributed by atoms with Crippen LogP contribution in [-0.2, 0) is 21.9 Å². The van der Waals surface area contributed by atoms with E-state index in [1.807, 2.05) is 49.4 Å². The molecule has 1 N–H and O–H groups in total. The largest absolute Gasteiger partial charge is 0.354 e. The molecule has 0 radical (unpaired) electrons. The monoisotopic (exact) mass is 418 g/mol. The van der Waals surface area contributed by atoms with Crippen LogP contribution in [0.15, 0.2) is 54.6 Å². The molecule has 150 valence electrons. The second kappa shape index (κ2) is 11.8. The summed E-state index contributed by atoms with van der Waals surface area (Å²) in [5, 5.41) is 3.53. The Hall–Kier alpha value is -1.98. The minimum atomic E-state index is -0.535. The molecule has 0 saturated carbocycles. The van der Waals surface area contributed by atoms with Gasteiger partial charge in [0.25, 0.3) is 0 Å². The highest BCUT2D eigenvalue weighted by molar-refractivity contribution is 7.99. The summed E-state index contributed by atoms with van der Waals surface area (Å²) in [6.07, 6.45) is 0.858. The van der Waals surface area contributed by atoms with Crippen molar-refractivity contribution < 1.29 is 9.59 Å². The van der Waals surface area contributed by atoms with E-state index in [9.17, 15) is 9.59 Å². The van der Waals surface area contributed by atoms with Crippen molar-refractivity contribution in [2.24, 2.45) is 0 Å². The van der Waals surface area contributed by atoms with E-state index in [1.165, 1.54) is 5.56 Å². The maximum Gasteiger partial charge on any atom is 0.242 e. The Morgan fingerprint density at radius 1 is 1.07 bits per heavy atom. The summed E-state index contributed by atoms with van der Waals surface area (Å²) in [6, 6.07) is 16.9. The predicted molar refractivity (Wildman–Crippen MR) is 117 cm³/mol.